The first-order valence-electron chi connectivity index (χ1n) is 6.32. The van der Waals surface area contributed by atoms with Crippen LogP contribution in [0.25, 0.3) is 0 Å². The lowest BCUT2D eigenvalue weighted by atomic mass is 10.2. The van der Waals surface area contributed by atoms with Gasteiger partial charge in [0.1, 0.15) is 0 Å². The van der Waals surface area contributed by atoms with Crippen molar-refractivity contribution in [3.63, 3.8) is 0 Å². The molecular formula is C14H19N3OS. The summed E-state index contributed by atoms with van der Waals surface area (Å²) in [5.41, 5.74) is 3.28. The normalized spacial score (nSPS) is 12.3. The van der Waals surface area contributed by atoms with E-state index in [1.165, 1.54) is 0 Å². The summed E-state index contributed by atoms with van der Waals surface area (Å²) in [4.78, 5) is 0. The standard InChI is InChI=1S/C14H19N3OS/c1-3-17-10-12(9-16-17)8-15-14-7-5-4-6-13(14)11-19(2)18/h4-7,9-10,15H,3,8,11H2,1-2H3/t19-/m0/s1. The predicted molar refractivity (Wildman–Crippen MR) is 79.4 cm³/mol. The zero-order valence-electron chi connectivity index (χ0n) is 11.3. The molecule has 1 aromatic heterocycles. The van der Waals surface area contributed by atoms with E-state index in [1.807, 2.05) is 41.3 Å². The van der Waals surface area contributed by atoms with Gasteiger partial charge >= 0.3 is 0 Å². The second-order valence-corrected chi connectivity index (χ2v) is 5.87. The molecule has 0 fully saturated rings. The lowest BCUT2D eigenvalue weighted by molar-refractivity contribution is 0.659. The summed E-state index contributed by atoms with van der Waals surface area (Å²) in [6.45, 7) is 3.68. The number of rotatable bonds is 6. The fraction of sp³-hybridized carbons (Fsp3) is 0.357. The third-order valence-corrected chi connectivity index (χ3v) is 3.59. The zero-order valence-corrected chi connectivity index (χ0v) is 12.1. The zero-order chi connectivity index (χ0) is 13.7. The maximum atomic E-state index is 11.4. The van der Waals surface area contributed by atoms with Crippen molar-refractivity contribution in [2.45, 2.75) is 25.8 Å². The molecule has 4 nitrogen and oxygen atoms in total. The first-order chi connectivity index (χ1) is 9.19. The summed E-state index contributed by atoms with van der Waals surface area (Å²) in [7, 11) is -0.829. The lowest BCUT2D eigenvalue weighted by Crippen LogP contribution is -2.03. The maximum Gasteiger partial charge on any atom is 0.0539 e. The van der Waals surface area contributed by atoms with Gasteiger partial charge in [0, 0.05) is 47.6 Å². The second kappa shape index (κ2) is 6.52. The lowest BCUT2D eigenvalue weighted by Gasteiger charge is -2.10. The van der Waals surface area contributed by atoms with Crippen LogP contribution in [-0.4, -0.2) is 20.2 Å². The van der Waals surface area contributed by atoms with Gasteiger partial charge in [0.2, 0.25) is 0 Å². The molecule has 0 spiro atoms. The molecule has 19 heavy (non-hydrogen) atoms. The molecular weight excluding hydrogens is 258 g/mol. The summed E-state index contributed by atoms with van der Waals surface area (Å²) >= 11 is 0. The van der Waals surface area contributed by atoms with Gasteiger partial charge in [0.05, 0.1) is 11.9 Å². The minimum atomic E-state index is -0.829. The van der Waals surface area contributed by atoms with Crippen LogP contribution in [0.15, 0.2) is 36.7 Å². The van der Waals surface area contributed by atoms with Crippen molar-refractivity contribution in [3.05, 3.63) is 47.8 Å². The third kappa shape index (κ3) is 3.92. The maximum absolute atomic E-state index is 11.4. The van der Waals surface area contributed by atoms with Gasteiger partial charge in [-0.1, -0.05) is 18.2 Å². The molecule has 1 heterocycles. The van der Waals surface area contributed by atoms with Crippen molar-refractivity contribution < 1.29 is 4.21 Å². The molecule has 0 saturated heterocycles. The summed E-state index contributed by atoms with van der Waals surface area (Å²) in [6.07, 6.45) is 5.63. The van der Waals surface area contributed by atoms with Crippen LogP contribution < -0.4 is 5.32 Å². The van der Waals surface area contributed by atoms with Gasteiger partial charge in [-0.2, -0.15) is 5.10 Å². The van der Waals surface area contributed by atoms with Crippen LogP contribution in [-0.2, 0) is 29.6 Å². The number of aromatic nitrogens is 2. The van der Waals surface area contributed by atoms with E-state index in [-0.39, 0.29) is 0 Å². The first kappa shape index (κ1) is 13.8. The molecule has 0 unspecified atom stereocenters. The van der Waals surface area contributed by atoms with Crippen LogP contribution in [0.1, 0.15) is 18.1 Å². The molecule has 5 heteroatoms. The van der Waals surface area contributed by atoms with Gasteiger partial charge in [-0.3, -0.25) is 8.89 Å². The Hall–Kier alpha value is -1.62. The summed E-state index contributed by atoms with van der Waals surface area (Å²) in [5.74, 6) is 0.581. The van der Waals surface area contributed by atoms with E-state index >= 15 is 0 Å². The molecule has 2 aromatic rings. The van der Waals surface area contributed by atoms with Crippen molar-refractivity contribution in [2.24, 2.45) is 0 Å². The first-order valence-corrected chi connectivity index (χ1v) is 8.05. The third-order valence-electron chi connectivity index (χ3n) is 2.87. The van der Waals surface area contributed by atoms with Crippen LogP contribution in [0.3, 0.4) is 0 Å². The van der Waals surface area contributed by atoms with Crippen LogP contribution >= 0.6 is 0 Å². The molecule has 0 aliphatic carbocycles. The Balaban J connectivity index is 2.04. The van der Waals surface area contributed by atoms with E-state index in [9.17, 15) is 4.21 Å². The number of hydrogen-bond acceptors (Lipinski definition) is 3. The van der Waals surface area contributed by atoms with E-state index in [4.69, 9.17) is 0 Å². The molecule has 1 atom stereocenters. The predicted octanol–water partition coefficient (Wildman–Crippen LogP) is 2.39. The van der Waals surface area contributed by atoms with E-state index in [0.717, 1.165) is 29.9 Å². The fourth-order valence-corrected chi connectivity index (χ4v) is 2.60. The highest BCUT2D eigenvalue weighted by Crippen LogP contribution is 2.17. The van der Waals surface area contributed by atoms with Crippen LogP contribution in [0.4, 0.5) is 5.69 Å². The van der Waals surface area contributed by atoms with Crippen molar-refractivity contribution in [1.82, 2.24) is 9.78 Å². The quantitative estimate of drug-likeness (QED) is 0.882. The average molecular weight is 277 g/mol. The molecule has 0 bridgehead atoms. The highest BCUT2D eigenvalue weighted by Gasteiger charge is 2.04. The van der Waals surface area contributed by atoms with E-state index in [1.54, 1.807) is 6.26 Å². The van der Waals surface area contributed by atoms with Crippen molar-refractivity contribution in [1.29, 1.82) is 0 Å². The molecule has 0 aliphatic rings. The topological polar surface area (TPSA) is 46.9 Å². The largest absolute Gasteiger partial charge is 0.381 e. The number of aryl methyl sites for hydroxylation is 1. The monoisotopic (exact) mass is 277 g/mol. The number of nitrogens with one attached hydrogen (secondary N) is 1. The molecule has 0 aliphatic heterocycles. The molecule has 1 N–H and O–H groups in total. The smallest absolute Gasteiger partial charge is 0.0539 e. The molecule has 1 aromatic carbocycles. The molecule has 0 amide bonds. The Morgan fingerprint density at radius 1 is 1.37 bits per heavy atom. The SMILES string of the molecule is CCn1cc(CNc2ccccc2C[S@](C)=O)cn1. The number of benzene rings is 1. The van der Waals surface area contributed by atoms with E-state index in [0.29, 0.717) is 5.75 Å². The van der Waals surface area contributed by atoms with Crippen molar-refractivity contribution in [2.75, 3.05) is 11.6 Å². The molecule has 102 valence electrons. The van der Waals surface area contributed by atoms with Crippen molar-refractivity contribution >= 4 is 16.5 Å². The average Bonchev–Trinajstić information content (AvgIpc) is 2.85. The second-order valence-electron chi connectivity index (χ2n) is 4.43. The number of hydrogen-bond donors (Lipinski definition) is 1. The van der Waals surface area contributed by atoms with Gasteiger partial charge in [0.25, 0.3) is 0 Å². The minimum Gasteiger partial charge on any atom is -0.381 e. The van der Waals surface area contributed by atoms with Gasteiger partial charge in [-0.25, -0.2) is 0 Å². The fourth-order valence-electron chi connectivity index (χ4n) is 1.91. The molecule has 0 saturated carbocycles. The minimum absolute atomic E-state index is 0.581. The Kier molecular flexibility index (Phi) is 4.74. The van der Waals surface area contributed by atoms with Gasteiger partial charge in [-0.05, 0) is 18.6 Å². The Bertz CT molecular complexity index is 565. The number of para-hydroxylation sites is 1. The van der Waals surface area contributed by atoms with Crippen LogP contribution in [0.5, 0.6) is 0 Å². The molecule has 0 radical (unpaired) electrons. The van der Waals surface area contributed by atoms with E-state index < -0.39 is 10.8 Å². The Morgan fingerprint density at radius 3 is 2.84 bits per heavy atom. The highest BCUT2D eigenvalue weighted by molar-refractivity contribution is 7.83. The highest BCUT2D eigenvalue weighted by atomic mass is 32.2. The van der Waals surface area contributed by atoms with E-state index in [2.05, 4.69) is 17.3 Å². The van der Waals surface area contributed by atoms with Crippen molar-refractivity contribution in [3.8, 4) is 0 Å². The van der Waals surface area contributed by atoms with Gasteiger partial charge in [-0.15, -0.1) is 0 Å². The number of nitrogens with zero attached hydrogens (tertiary/aromatic N) is 2. The summed E-state index contributed by atoms with van der Waals surface area (Å²) in [5, 5.41) is 7.63. The summed E-state index contributed by atoms with van der Waals surface area (Å²) in [6, 6.07) is 7.99. The summed E-state index contributed by atoms with van der Waals surface area (Å²) < 4.78 is 13.3. The number of anilines is 1. The van der Waals surface area contributed by atoms with Crippen LogP contribution in [0.2, 0.25) is 0 Å². The Labute approximate surface area is 116 Å². The van der Waals surface area contributed by atoms with Gasteiger partial charge < -0.3 is 5.32 Å². The molecule has 2 rings (SSSR count). The van der Waals surface area contributed by atoms with Gasteiger partial charge in [0.15, 0.2) is 0 Å². The van der Waals surface area contributed by atoms with Crippen LogP contribution in [0, 0.1) is 0 Å². The Morgan fingerprint density at radius 2 is 2.16 bits per heavy atom.